The van der Waals surface area contributed by atoms with Crippen LogP contribution in [0.2, 0.25) is 0 Å². The molecule has 2 aromatic carbocycles. The molecule has 0 bridgehead atoms. The van der Waals surface area contributed by atoms with Gasteiger partial charge in [-0.25, -0.2) is 13.2 Å². The Morgan fingerprint density at radius 1 is 1.00 bits per heavy atom. The minimum absolute atomic E-state index is 0.00504. The summed E-state index contributed by atoms with van der Waals surface area (Å²) in [5.74, 6) is 0.0495. The third kappa shape index (κ3) is 4.24. The number of rotatable bonds is 6. The Kier molecular flexibility index (Phi) is 6.84. The van der Waals surface area contributed by atoms with E-state index in [2.05, 4.69) is 0 Å². The quantitative estimate of drug-likeness (QED) is 0.581. The van der Waals surface area contributed by atoms with Crippen LogP contribution in [0.5, 0.6) is 5.75 Å². The molecular weight excluding hydrogens is 456 g/mol. The maximum absolute atomic E-state index is 13.5. The van der Waals surface area contributed by atoms with E-state index < -0.39 is 22.0 Å². The van der Waals surface area contributed by atoms with Gasteiger partial charge in [-0.2, -0.15) is 0 Å². The number of carbonyl (C=O) groups is 2. The maximum atomic E-state index is 13.5. The first kappa shape index (κ1) is 24.1. The molecule has 2 aromatic rings. The van der Waals surface area contributed by atoms with Crippen molar-refractivity contribution in [2.75, 3.05) is 25.6 Å². The van der Waals surface area contributed by atoms with Gasteiger partial charge in [0.1, 0.15) is 11.8 Å². The smallest absolute Gasteiger partial charge is 0.328 e. The van der Waals surface area contributed by atoms with E-state index in [0.29, 0.717) is 23.4 Å². The van der Waals surface area contributed by atoms with Crippen LogP contribution in [-0.2, 0) is 19.6 Å². The van der Waals surface area contributed by atoms with E-state index in [4.69, 9.17) is 9.47 Å². The van der Waals surface area contributed by atoms with Gasteiger partial charge >= 0.3 is 5.97 Å². The van der Waals surface area contributed by atoms with Crippen LogP contribution in [0.4, 0.5) is 5.69 Å². The molecule has 0 N–H and O–H groups in total. The van der Waals surface area contributed by atoms with Crippen molar-refractivity contribution in [2.24, 2.45) is 5.92 Å². The molecule has 1 saturated heterocycles. The van der Waals surface area contributed by atoms with Gasteiger partial charge in [-0.1, -0.05) is 25.0 Å². The first-order chi connectivity index (χ1) is 16.3. The average Bonchev–Trinajstić information content (AvgIpc) is 3.27. The molecule has 8 nitrogen and oxygen atoms in total. The van der Waals surface area contributed by atoms with Crippen LogP contribution in [0.3, 0.4) is 0 Å². The lowest BCUT2D eigenvalue weighted by atomic mass is 9.84. The molecule has 1 heterocycles. The number of likely N-dealkylation sites (tertiary alicyclic amines) is 1. The van der Waals surface area contributed by atoms with E-state index in [9.17, 15) is 18.0 Å². The molecule has 4 rings (SSSR count). The highest BCUT2D eigenvalue weighted by Crippen LogP contribution is 2.41. The monoisotopic (exact) mass is 486 g/mol. The number of anilines is 1. The van der Waals surface area contributed by atoms with Gasteiger partial charge in [0.05, 0.1) is 24.8 Å². The van der Waals surface area contributed by atoms with Crippen molar-refractivity contribution >= 4 is 27.6 Å². The fraction of sp³-hybridized carbons (Fsp3) is 0.440. The summed E-state index contributed by atoms with van der Waals surface area (Å²) in [6.07, 6.45) is 4.59. The van der Waals surface area contributed by atoms with Crippen molar-refractivity contribution in [2.45, 2.75) is 49.1 Å². The van der Waals surface area contributed by atoms with Gasteiger partial charge in [0.25, 0.3) is 15.9 Å². The molecule has 0 unspecified atom stereocenters. The Morgan fingerprint density at radius 3 is 2.35 bits per heavy atom. The Balaban J connectivity index is 1.60. The number of methoxy groups -OCH3 is 2. The van der Waals surface area contributed by atoms with E-state index >= 15 is 0 Å². The standard InChI is InChI=1S/C25H30N2O6S/c1-26(21-10-6-7-11-23(21)32-2)34(30,31)19-14-12-17(13-15-19)24(28)27-20-9-5-4-8-18(20)16-22(27)25(29)33-3/h6-7,10-15,18,20,22H,4-5,8-9,16H2,1-3H3/t18-,20+,22-/m0/s1. The number of hydrogen-bond acceptors (Lipinski definition) is 6. The molecule has 2 fully saturated rings. The predicted octanol–water partition coefficient (Wildman–Crippen LogP) is 3.47. The molecule has 1 aliphatic heterocycles. The lowest BCUT2D eigenvalue weighted by molar-refractivity contribution is -0.145. The summed E-state index contributed by atoms with van der Waals surface area (Å²) in [4.78, 5) is 27.6. The first-order valence-electron chi connectivity index (χ1n) is 11.4. The number of hydrogen-bond donors (Lipinski definition) is 0. The van der Waals surface area contributed by atoms with Crippen LogP contribution in [-0.4, -0.2) is 58.5 Å². The van der Waals surface area contributed by atoms with Gasteiger partial charge < -0.3 is 14.4 Å². The number of nitrogens with zero attached hydrogens (tertiary/aromatic N) is 2. The van der Waals surface area contributed by atoms with E-state index in [-0.39, 0.29) is 22.8 Å². The van der Waals surface area contributed by atoms with Crippen LogP contribution in [0.25, 0.3) is 0 Å². The second kappa shape index (κ2) is 9.66. The van der Waals surface area contributed by atoms with Crippen molar-refractivity contribution < 1.29 is 27.5 Å². The Bertz CT molecular complexity index is 1160. The Hall–Kier alpha value is -3.07. The molecule has 34 heavy (non-hydrogen) atoms. The predicted molar refractivity (Wildman–Crippen MR) is 127 cm³/mol. The third-order valence-electron chi connectivity index (χ3n) is 6.98. The van der Waals surface area contributed by atoms with Gasteiger partial charge in [-0.3, -0.25) is 9.10 Å². The molecule has 182 valence electrons. The summed E-state index contributed by atoms with van der Waals surface area (Å²) in [6.45, 7) is 0. The van der Waals surface area contributed by atoms with E-state index in [1.165, 1.54) is 45.5 Å². The minimum atomic E-state index is -3.88. The minimum Gasteiger partial charge on any atom is -0.495 e. The highest BCUT2D eigenvalue weighted by Gasteiger charge is 2.48. The molecule has 0 radical (unpaired) electrons. The number of sulfonamides is 1. The SMILES string of the molecule is COC(=O)[C@@H]1C[C@@H]2CCCC[C@H]2N1C(=O)c1ccc(S(=O)(=O)N(C)c2ccccc2OC)cc1. The topological polar surface area (TPSA) is 93.2 Å². The van der Waals surface area contributed by atoms with E-state index in [1.54, 1.807) is 29.2 Å². The van der Waals surface area contributed by atoms with Crippen LogP contribution in [0.15, 0.2) is 53.4 Å². The van der Waals surface area contributed by atoms with Crippen LogP contribution >= 0.6 is 0 Å². The third-order valence-corrected chi connectivity index (χ3v) is 8.77. The van der Waals surface area contributed by atoms with Crippen molar-refractivity contribution in [3.8, 4) is 5.75 Å². The summed E-state index contributed by atoms with van der Waals surface area (Å²) >= 11 is 0. The van der Waals surface area contributed by atoms with E-state index in [1.807, 2.05) is 0 Å². The highest BCUT2D eigenvalue weighted by atomic mass is 32.2. The number of esters is 1. The zero-order chi connectivity index (χ0) is 24.5. The molecule has 3 atom stereocenters. The average molecular weight is 487 g/mol. The molecule has 0 aromatic heterocycles. The summed E-state index contributed by atoms with van der Waals surface area (Å²) in [5, 5.41) is 0. The normalized spacial score (nSPS) is 22.1. The van der Waals surface area contributed by atoms with Crippen molar-refractivity contribution in [3.05, 3.63) is 54.1 Å². The molecule has 1 aliphatic carbocycles. The van der Waals surface area contributed by atoms with Crippen molar-refractivity contribution in [3.63, 3.8) is 0 Å². The summed E-state index contributed by atoms with van der Waals surface area (Å²) in [7, 11) is 0.401. The van der Waals surface area contributed by atoms with Gasteiger partial charge in [-0.15, -0.1) is 0 Å². The van der Waals surface area contributed by atoms with Crippen LogP contribution in [0, 0.1) is 5.92 Å². The highest BCUT2D eigenvalue weighted by molar-refractivity contribution is 7.92. The first-order valence-corrected chi connectivity index (χ1v) is 12.9. The second-order valence-electron chi connectivity index (χ2n) is 8.77. The number of fused-ring (bicyclic) bond motifs is 1. The van der Waals surface area contributed by atoms with Crippen LogP contribution < -0.4 is 9.04 Å². The Morgan fingerprint density at radius 2 is 1.68 bits per heavy atom. The lowest BCUT2D eigenvalue weighted by Crippen LogP contribution is -2.46. The lowest BCUT2D eigenvalue weighted by Gasteiger charge is -2.33. The van der Waals surface area contributed by atoms with Gasteiger partial charge in [0.15, 0.2) is 0 Å². The molecule has 1 amide bonds. The van der Waals surface area contributed by atoms with Gasteiger partial charge in [-0.05, 0) is 61.6 Å². The molecule has 2 aliphatic rings. The van der Waals surface area contributed by atoms with E-state index in [0.717, 1.165) is 30.0 Å². The summed E-state index contributed by atoms with van der Waals surface area (Å²) in [6, 6.07) is 12.1. The van der Waals surface area contributed by atoms with Crippen molar-refractivity contribution in [1.29, 1.82) is 0 Å². The summed E-state index contributed by atoms with van der Waals surface area (Å²) < 4.78 is 37.9. The number of para-hydroxylation sites is 2. The molecule has 9 heteroatoms. The largest absolute Gasteiger partial charge is 0.495 e. The number of ether oxygens (including phenoxy) is 2. The second-order valence-corrected chi connectivity index (χ2v) is 10.7. The molecule has 0 spiro atoms. The Labute approximate surface area is 200 Å². The van der Waals surface area contributed by atoms with Gasteiger partial charge in [0.2, 0.25) is 0 Å². The fourth-order valence-corrected chi connectivity index (χ4v) is 6.40. The number of amides is 1. The number of benzene rings is 2. The van der Waals surface area contributed by atoms with Crippen LogP contribution in [0.1, 0.15) is 42.5 Å². The maximum Gasteiger partial charge on any atom is 0.328 e. The molecule has 1 saturated carbocycles. The summed E-state index contributed by atoms with van der Waals surface area (Å²) in [5.41, 5.74) is 0.755. The fourth-order valence-electron chi connectivity index (χ4n) is 5.19. The van der Waals surface area contributed by atoms with Crippen molar-refractivity contribution in [1.82, 2.24) is 4.90 Å². The van der Waals surface area contributed by atoms with Gasteiger partial charge in [0, 0.05) is 18.7 Å². The zero-order valence-electron chi connectivity index (χ0n) is 19.6. The zero-order valence-corrected chi connectivity index (χ0v) is 20.5. The molecular formula is C25H30N2O6S. The number of carbonyl (C=O) groups excluding carboxylic acids is 2.